The van der Waals surface area contributed by atoms with E-state index in [-0.39, 0.29) is 34.3 Å². The minimum atomic E-state index is -3.78. The highest BCUT2D eigenvalue weighted by molar-refractivity contribution is 7.89. The summed E-state index contributed by atoms with van der Waals surface area (Å²) in [5.41, 5.74) is 6.63. The van der Waals surface area contributed by atoms with Gasteiger partial charge in [0.05, 0.1) is 17.6 Å². The van der Waals surface area contributed by atoms with Crippen molar-refractivity contribution < 1.29 is 17.9 Å². The van der Waals surface area contributed by atoms with Crippen molar-refractivity contribution in [1.82, 2.24) is 4.31 Å². The van der Waals surface area contributed by atoms with E-state index in [1.54, 1.807) is 19.1 Å². The SMILES string of the molecule is COC(=O)c1cc(C)ccc1S(=O)(=O)N1CCC(N)C(C)(C)C1.Cl. The number of halogens is 1. The van der Waals surface area contributed by atoms with Crippen molar-refractivity contribution >= 4 is 28.4 Å². The highest BCUT2D eigenvalue weighted by Crippen LogP contribution is 2.32. The number of aryl methyl sites for hydroxylation is 1. The summed E-state index contributed by atoms with van der Waals surface area (Å²) in [5, 5.41) is 0. The van der Waals surface area contributed by atoms with Crippen molar-refractivity contribution in [3.05, 3.63) is 29.3 Å². The molecule has 1 fully saturated rings. The molecule has 0 spiro atoms. The molecule has 0 aliphatic carbocycles. The first-order valence-electron chi connectivity index (χ1n) is 7.54. The molecule has 1 aromatic rings. The van der Waals surface area contributed by atoms with Crippen LogP contribution in [0.3, 0.4) is 0 Å². The van der Waals surface area contributed by atoms with E-state index >= 15 is 0 Å². The van der Waals surface area contributed by atoms with Gasteiger partial charge in [-0.05, 0) is 30.9 Å². The van der Waals surface area contributed by atoms with Gasteiger partial charge in [0.2, 0.25) is 10.0 Å². The number of nitrogens with two attached hydrogens (primary N) is 1. The normalized spacial score (nSPS) is 21.0. The number of ether oxygens (including phenoxy) is 1. The van der Waals surface area contributed by atoms with Crippen LogP contribution in [0.4, 0.5) is 0 Å². The molecule has 2 N–H and O–H groups in total. The maximum Gasteiger partial charge on any atom is 0.339 e. The molecule has 1 aromatic carbocycles. The van der Waals surface area contributed by atoms with E-state index in [0.29, 0.717) is 19.5 Å². The maximum atomic E-state index is 13.0. The fraction of sp³-hybridized carbons (Fsp3) is 0.562. The average molecular weight is 377 g/mol. The zero-order valence-electron chi connectivity index (χ0n) is 14.4. The van der Waals surface area contributed by atoms with Crippen molar-refractivity contribution in [2.45, 2.75) is 38.1 Å². The molecule has 1 saturated heterocycles. The molecule has 0 aromatic heterocycles. The molecule has 0 saturated carbocycles. The summed E-state index contributed by atoms with van der Waals surface area (Å²) in [4.78, 5) is 12.0. The Bertz CT molecular complexity index is 719. The van der Waals surface area contributed by atoms with Crippen LogP contribution in [0.15, 0.2) is 23.1 Å². The summed E-state index contributed by atoms with van der Waals surface area (Å²) >= 11 is 0. The number of benzene rings is 1. The van der Waals surface area contributed by atoms with Crippen LogP contribution in [-0.4, -0.2) is 44.9 Å². The van der Waals surface area contributed by atoms with E-state index in [9.17, 15) is 13.2 Å². The molecule has 2 rings (SSSR count). The smallest absolute Gasteiger partial charge is 0.339 e. The second-order valence-electron chi connectivity index (χ2n) is 6.71. The molecule has 6 nitrogen and oxygen atoms in total. The summed E-state index contributed by atoms with van der Waals surface area (Å²) in [6.07, 6.45) is 0.589. The molecule has 1 atom stereocenters. The minimum Gasteiger partial charge on any atom is -0.465 e. The van der Waals surface area contributed by atoms with Crippen molar-refractivity contribution in [3.8, 4) is 0 Å². The molecule has 8 heteroatoms. The van der Waals surface area contributed by atoms with Crippen molar-refractivity contribution in [2.75, 3.05) is 20.2 Å². The fourth-order valence-electron chi connectivity index (χ4n) is 2.81. The Morgan fingerprint density at radius 2 is 2.00 bits per heavy atom. The number of carbonyl (C=O) groups is 1. The van der Waals surface area contributed by atoms with Crippen molar-refractivity contribution in [1.29, 1.82) is 0 Å². The summed E-state index contributed by atoms with van der Waals surface area (Å²) < 4.78 is 32.2. The first-order chi connectivity index (χ1) is 10.6. The lowest BCUT2D eigenvalue weighted by atomic mass is 9.81. The summed E-state index contributed by atoms with van der Waals surface area (Å²) in [5.74, 6) is -0.653. The minimum absolute atomic E-state index is 0. The van der Waals surface area contributed by atoms with Gasteiger partial charge in [0.25, 0.3) is 0 Å². The third-order valence-corrected chi connectivity index (χ3v) is 6.34. The number of hydrogen-bond donors (Lipinski definition) is 1. The van der Waals surface area contributed by atoms with Gasteiger partial charge in [-0.3, -0.25) is 0 Å². The molecule has 1 heterocycles. The van der Waals surface area contributed by atoms with E-state index in [1.165, 1.54) is 17.5 Å². The lowest BCUT2D eigenvalue weighted by Crippen LogP contribution is -2.54. The van der Waals surface area contributed by atoms with Gasteiger partial charge in [-0.25, -0.2) is 13.2 Å². The molecule has 1 aliphatic heterocycles. The number of hydrogen-bond acceptors (Lipinski definition) is 5. The number of nitrogens with zero attached hydrogens (tertiary/aromatic N) is 1. The summed E-state index contributed by atoms with van der Waals surface area (Å²) in [6.45, 7) is 6.38. The van der Waals surface area contributed by atoms with Gasteiger partial charge in [-0.1, -0.05) is 25.5 Å². The Morgan fingerprint density at radius 1 is 1.38 bits per heavy atom. The number of rotatable bonds is 3. The van der Waals surface area contributed by atoms with Crippen LogP contribution in [0.25, 0.3) is 0 Å². The summed E-state index contributed by atoms with van der Waals surface area (Å²) in [7, 11) is -2.54. The van der Waals surface area contributed by atoms with Gasteiger partial charge in [-0.15, -0.1) is 12.4 Å². The molecule has 136 valence electrons. The van der Waals surface area contributed by atoms with Crippen LogP contribution in [0.1, 0.15) is 36.2 Å². The Hall–Kier alpha value is -1.15. The zero-order valence-corrected chi connectivity index (χ0v) is 16.0. The van der Waals surface area contributed by atoms with Gasteiger partial charge in [0.15, 0.2) is 0 Å². The van der Waals surface area contributed by atoms with E-state index in [1.807, 2.05) is 13.8 Å². The molecular weight excluding hydrogens is 352 g/mol. The predicted molar refractivity (Wildman–Crippen MR) is 94.9 cm³/mol. The van der Waals surface area contributed by atoms with Crippen LogP contribution in [0.5, 0.6) is 0 Å². The second-order valence-corrected chi connectivity index (χ2v) is 8.62. The van der Waals surface area contributed by atoms with E-state index in [4.69, 9.17) is 10.5 Å². The van der Waals surface area contributed by atoms with Gasteiger partial charge >= 0.3 is 5.97 Å². The zero-order chi connectivity index (χ0) is 17.4. The second kappa shape index (κ2) is 7.39. The number of methoxy groups -OCH3 is 1. The van der Waals surface area contributed by atoms with Gasteiger partial charge in [0.1, 0.15) is 0 Å². The Morgan fingerprint density at radius 3 is 2.54 bits per heavy atom. The summed E-state index contributed by atoms with van der Waals surface area (Å²) in [6, 6.07) is 4.64. The Labute approximate surface area is 149 Å². The van der Waals surface area contributed by atoms with Crippen LogP contribution in [0, 0.1) is 12.3 Å². The maximum absolute atomic E-state index is 13.0. The molecule has 1 unspecified atom stereocenters. The Kier molecular flexibility index (Phi) is 6.43. The van der Waals surface area contributed by atoms with E-state index in [2.05, 4.69) is 0 Å². The van der Waals surface area contributed by atoms with Gasteiger partial charge in [-0.2, -0.15) is 4.31 Å². The molecule has 0 bridgehead atoms. The van der Waals surface area contributed by atoms with Crippen LogP contribution < -0.4 is 5.73 Å². The first kappa shape index (κ1) is 20.9. The molecule has 24 heavy (non-hydrogen) atoms. The third-order valence-electron chi connectivity index (χ3n) is 4.44. The highest BCUT2D eigenvalue weighted by Gasteiger charge is 2.40. The standard InChI is InChI=1S/C16H24N2O4S.ClH/c1-11-5-6-13(12(9-11)15(19)22-4)23(20,21)18-8-7-14(17)16(2,3)10-18;/h5-6,9,14H,7-8,10,17H2,1-4H3;1H. The van der Waals surface area contributed by atoms with E-state index in [0.717, 1.165) is 5.56 Å². The quantitative estimate of drug-likeness (QED) is 0.814. The van der Waals surface area contributed by atoms with Gasteiger partial charge in [0, 0.05) is 19.1 Å². The van der Waals surface area contributed by atoms with Crippen LogP contribution in [-0.2, 0) is 14.8 Å². The third kappa shape index (κ3) is 3.91. The lowest BCUT2D eigenvalue weighted by Gasteiger charge is -2.41. The van der Waals surface area contributed by atoms with Crippen molar-refractivity contribution in [2.24, 2.45) is 11.1 Å². The monoisotopic (exact) mass is 376 g/mol. The number of carbonyl (C=O) groups excluding carboxylic acids is 1. The van der Waals surface area contributed by atoms with Gasteiger partial charge < -0.3 is 10.5 Å². The molecule has 0 amide bonds. The largest absolute Gasteiger partial charge is 0.465 e. The average Bonchev–Trinajstić information content (AvgIpc) is 2.48. The number of esters is 1. The topological polar surface area (TPSA) is 89.7 Å². The number of piperidine rings is 1. The van der Waals surface area contributed by atoms with E-state index < -0.39 is 16.0 Å². The molecule has 1 aliphatic rings. The Balaban J connectivity index is 0.00000288. The first-order valence-corrected chi connectivity index (χ1v) is 8.98. The number of sulfonamides is 1. The lowest BCUT2D eigenvalue weighted by molar-refractivity contribution is 0.0596. The molecule has 0 radical (unpaired) electrons. The fourth-order valence-corrected chi connectivity index (χ4v) is 4.59. The highest BCUT2D eigenvalue weighted by atomic mass is 35.5. The van der Waals surface area contributed by atoms with Crippen LogP contribution >= 0.6 is 12.4 Å². The van der Waals surface area contributed by atoms with Crippen molar-refractivity contribution in [3.63, 3.8) is 0 Å². The molecular formula is C16H25ClN2O4S. The predicted octanol–water partition coefficient (Wildman–Crippen LogP) is 1.95. The van der Waals surface area contributed by atoms with Crippen LogP contribution in [0.2, 0.25) is 0 Å².